The lowest BCUT2D eigenvalue weighted by molar-refractivity contribution is 0.0332. The van der Waals surface area contributed by atoms with Crippen LogP contribution in [-0.4, -0.2) is 31.5 Å². The number of aliphatic hydroxyl groups excluding tert-OH is 1. The molecule has 0 heterocycles. The van der Waals surface area contributed by atoms with Crippen molar-refractivity contribution in [1.82, 2.24) is 5.32 Å². The van der Waals surface area contributed by atoms with Crippen molar-refractivity contribution in [3.63, 3.8) is 0 Å². The third-order valence-corrected chi connectivity index (χ3v) is 0.967. The molecule has 0 bridgehead atoms. The second-order valence-electron chi connectivity index (χ2n) is 1.79. The molecule has 6 N–H and O–H groups in total. The molecule has 0 aromatic carbocycles. The van der Waals surface area contributed by atoms with Crippen LogP contribution in [0, 0.1) is 0 Å². The quantitative estimate of drug-likeness (QED) is 0.275. The van der Waals surface area contributed by atoms with Crippen LogP contribution >= 0.6 is 0 Å². The van der Waals surface area contributed by atoms with Crippen LogP contribution in [0.4, 0.5) is 0 Å². The summed E-state index contributed by atoms with van der Waals surface area (Å²) in [6.07, 6.45) is 1.63. The van der Waals surface area contributed by atoms with Crippen molar-refractivity contribution in [2.75, 3.05) is 26.4 Å². The van der Waals surface area contributed by atoms with Gasteiger partial charge >= 0.3 is 0 Å². The number of nitrogens with one attached hydrogen (secondary N) is 1. The maximum atomic E-state index is 8.39. The first-order valence-electron chi connectivity index (χ1n) is 3.43. The van der Waals surface area contributed by atoms with Gasteiger partial charge in [0.2, 0.25) is 0 Å². The molecule has 5 heteroatoms. The molecule has 0 aliphatic heterocycles. The van der Waals surface area contributed by atoms with Crippen LogP contribution in [0.15, 0.2) is 12.0 Å². The lowest BCUT2D eigenvalue weighted by Gasteiger charge is -2.08. The molecule has 0 aromatic rings. The largest absolute Gasteiger partial charge is 0.453 e. The Morgan fingerprint density at radius 2 is 2.27 bits per heavy atom. The Balaban J connectivity index is 3.60. The first kappa shape index (κ1) is 10.2. The molecule has 66 valence electrons. The van der Waals surface area contributed by atoms with Gasteiger partial charge in [0.15, 0.2) is 12.7 Å². The number of hydrogen-bond donors (Lipinski definition) is 4. The monoisotopic (exact) mass is 161 g/mol. The molecule has 0 saturated heterocycles. The van der Waals surface area contributed by atoms with Gasteiger partial charge in [-0.25, -0.2) is 0 Å². The summed E-state index contributed by atoms with van der Waals surface area (Å²) in [6, 6.07) is 0. The summed E-state index contributed by atoms with van der Waals surface area (Å²) in [7, 11) is 0. The predicted molar refractivity (Wildman–Crippen MR) is 42.4 cm³/mol. The Hall–Kier alpha value is -0.780. The van der Waals surface area contributed by atoms with Crippen LogP contribution in [0.2, 0.25) is 0 Å². The van der Waals surface area contributed by atoms with Crippen LogP contribution in [0.3, 0.4) is 0 Å². The van der Waals surface area contributed by atoms with Gasteiger partial charge in [0.1, 0.15) is 0 Å². The van der Waals surface area contributed by atoms with E-state index in [-0.39, 0.29) is 6.79 Å². The Morgan fingerprint density at radius 3 is 2.73 bits per heavy atom. The molecule has 0 fully saturated rings. The van der Waals surface area contributed by atoms with Crippen LogP contribution in [0.5, 0.6) is 0 Å². The number of hydrogen-bond acceptors (Lipinski definition) is 5. The molecule has 0 saturated carbocycles. The summed E-state index contributed by atoms with van der Waals surface area (Å²) < 4.78 is 4.75. The highest BCUT2D eigenvalue weighted by Crippen LogP contribution is 1.88. The fourth-order valence-electron chi connectivity index (χ4n) is 0.554. The summed E-state index contributed by atoms with van der Waals surface area (Å²) in [4.78, 5) is 0. The third kappa shape index (κ3) is 5.65. The van der Waals surface area contributed by atoms with E-state index < -0.39 is 0 Å². The van der Waals surface area contributed by atoms with Crippen molar-refractivity contribution in [2.24, 2.45) is 11.5 Å². The second-order valence-corrected chi connectivity index (χ2v) is 1.79. The topological polar surface area (TPSA) is 93.5 Å². The zero-order valence-electron chi connectivity index (χ0n) is 6.42. The number of aliphatic hydroxyl groups is 1. The molecule has 0 amide bonds. The Labute approximate surface area is 66.0 Å². The normalized spacial score (nSPS) is 11.4. The maximum Gasteiger partial charge on any atom is 0.188 e. The fraction of sp³-hybridized carbons (Fsp3) is 0.667. The van der Waals surface area contributed by atoms with Crippen molar-refractivity contribution in [1.29, 1.82) is 0 Å². The minimum atomic E-state index is -0.358. The van der Waals surface area contributed by atoms with Crippen LogP contribution in [0.1, 0.15) is 0 Å². The minimum absolute atomic E-state index is 0.358. The van der Waals surface area contributed by atoms with Crippen LogP contribution < -0.4 is 16.8 Å². The summed E-state index contributed by atoms with van der Waals surface area (Å²) in [5.74, 6) is 0.473. The van der Waals surface area contributed by atoms with Gasteiger partial charge in [0.05, 0.1) is 0 Å². The molecule has 0 aliphatic carbocycles. The van der Waals surface area contributed by atoms with E-state index in [2.05, 4.69) is 5.32 Å². The fourth-order valence-corrected chi connectivity index (χ4v) is 0.554. The highest BCUT2D eigenvalue weighted by Gasteiger charge is 1.92. The Kier molecular flexibility index (Phi) is 6.81. The molecule has 0 rings (SSSR count). The summed E-state index contributed by atoms with van der Waals surface area (Å²) >= 11 is 0. The SMILES string of the molecule is NC/C=C(/NCCN)OCO. The summed E-state index contributed by atoms with van der Waals surface area (Å²) in [6.45, 7) is 1.12. The van der Waals surface area contributed by atoms with Gasteiger partial charge in [-0.1, -0.05) is 0 Å². The first-order valence-corrected chi connectivity index (χ1v) is 3.43. The van der Waals surface area contributed by atoms with Crippen molar-refractivity contribution in [2.45, 2.75) is 0 Å². The van der Waals surface area contributed by atoms with Crippen molar-refractivity contribution < 1.29 is 9.84 Å². The molecule has 11 heavy (non-hydrogen) atoms. The van der Waals surface area contributed by atoms with E-state index in [0.29, 0.717) is 25.5 Å². The van der Waals surface area contributed by atoms with E-state index in [1.54, 1.807) is 6.08 Å². The molecule has 0 radical (unpaired) electrons. The molecular formula is C6H15N3O2. The zero-order valence-corrected chi connectivity index (χ0v) is 6.42. The van der Waals surface area contributed by atoms with Gasteiger partial charge in [-0.15, -0.1) is 0 Å². The van der Waals surface area contributed by atoms with Gasteiger partial charge in [0, 0.05) is 19.6 Å². The third-order valence-electron chi connectivity index (χ3n) is 0.967. The molecule has 0 aliphatic rings. The molecule has 5 nitrogen and oxygen atoms in total. The lowest BCUT2D eigenvalue weighted by atomic mass is 10.5. The van der Waals surface area contributed by atoms with Crippen LogP contribution in [-0.2, 0) is 4.74 Å². The minimum Gasteiger partial charge on any atom is -0.453 e. The average Bonchev–Trinajstić information content (AvgIpc) is 2.01. The molecular weight excluding hydrogens is 146 g/mol. The summed E-state index contributed by atoms with van der Waals surface area (Å²) in [5, 5.41) is 11.2. The Bertz CT molecular complexity index is 116. The van der Waals surface area contributed by atoms with E-state index in [4.69, 9.17) is 21.3 Å². The zero-order chi connectivity index (χ0) is 8.53. The average molecular weight is 161 g/mol. The molecule has 0 unspecified atom stereocenters. The number of rotatable bonds is 6. The van der Waals surface area contributed by atoms with Gasteiger partial charge in [-0.2, -0.15) is 0 Å². The Morgan fingerprint density at radius 1 is 1.55 bits per heavy atom. The van der Waals surface area contributed by atoms with E-state index in [9.17, 15) is 0 Å². The predicted octanol–water partition coefficient (Wildman–Crippen LogP) is -1.70. The van der Waals surface area contributed by atoms with Gasteiger partial charge in [-0.05, 0) is 6.08 Å². The first-order chi connectivity index (χ1) is 5.35. The van der Waals surface area contributed by atoms with Crippen molar-refractivity contribution in [3.8, 4) is 0 Å². The van der Waals surface area contributed by atoms with Gasteiger partial charge in [-0.3, -0.25) is 0 Å². The number of nitrogens with two attached hydrogens (primary N) is 2. The molecule has 0 spiro atoms. The van der Waals surface area contributed by atoms with Gasteiger partial charge < -0.3 is 26.6 Å². The maximum absolute atomic E-state index is 8.39. The molecule has 0 atom stereocenters. The van der Waals surface area contributed by atoms with Crippen molar-refractivity contribution in [3.05, 3.63) is 12.0 Å². The van der Waals surface area contributed by atoms with Crippen LogP contribution in [0.25, 0.3) is 0 Å². The van der Waals surface area contributed by atoms with Gasteiger partial charge in [0.25, 0.3) is 0 Å². The highest BCUT2D eigenvalue weighted by atomic mass is 16.6. The van der Waals surface area contributed by atoms with E-state index in [0.717, 1.165) is 0 Å². The summed E-state index contributed by atoms with van der Waals surface area (Å²) in [5.41, 5.74) is 10.5. The lowest BCUT2D eigenvalue weighted by Crippen LogP contribution is -2.24. The smallest absolute Gasteiger partial charge is 0.188 e. The molecule has 0 aromatic heterocycles. The van der Waals surface area contributed by atoms with E-state index in [1.165, 1.54) is 0 Å². The second kappa shape index (κ2) is 7.33. The number of ether oxygens (including phenoxy) is 1. The van der Waals surface area contributed by atoms with Crippen molar-refractivity contribution >= 4 is 0 Å². The highest BCUT2D eigenvalue weighted by molar-refractivity contribution is 4.90. The van der Waals surface area contributed by atoms with E-state index >= 15 is 0 Å². The standard InChI is InChI=1S/C6H15N3O2/c7-2-1-6(11-5-10)9-4-3-8/h1,9-10H,2-5,7-8H2/b6-1-. The van der Waals surface area contributed by atoms with E-state index in [1.807, 2.05) is 0 Å².